The summed E-state index contributed by atoms with van der Waals surface area (Å²) in [4.78, 5) is 12.5. The van der Waals surface area contributed by atoms with E-state index in [1.807, 2.05) is 6.08 Å². The zero-order chi connectivity index (χ0) is 47.2. The van der Waals surface area contributed by atoms with E-state index in [0.717, 1.165) is 25.7 Å². The second-order valence-electron chi connectivity index (χ2n) is 21.0. The van der Waals surface area contributed by atoms with E-state index >= 15 is 0 Å². The Hall–Kier alpha value is -0.910. The van der Waals surface area contributed by atoms with Gasteiger partial charge < -0.3 is 20.6 Å². The van der Waals surface area contributed by atoms with Crippen molar-refractivity contribution in [2.75, 3.05) is 6.61 Å². The molecule has 0 fully saturated rings. The molecule has 3 unspecified atom stereocenters. The SMILES string of the molecule is CCCCCCCCCCCCCCCCCCC/C=C/C(O)C(CO)NC(=O)CC(O)CCCCCCCCCCCCCCCCCCCCCCCCCCCCCCCCC. The van der Waals surface area contributed by atoms with Crippen molar-refractivity contribution < 1.29 is 20.1 Å². The van der Waals surface area contributed by atoms with E-state index in [0.29, 0.717) is 6.42 Å². The summed E-state index contributed by atoms with van der Waals surface area (Å²) >= 11 is 0. The fourth-order valence-electron chi connectivity index (χ4n) is 9.76. The maximum Gasteiger partial charge on any atom is 0.222 e. The fraction of sp³-hybridized carbons (Fsp3) is 0.950. The minimum atomic E-state index is -0.926. The lowest BCUT2D eigenvalue weighted by Gasteiger charge is -2.21. The van der Waals surface area contributed by atoms with Gasteiger partial charge in [-0.1, -0.05) is 328 Å². The van der Waals surface area contributed by atoms with Gasteiger partial charge in [0, 0.05) is 0 Å². The molecule has 5 heteroatoms. The van der Waals surface area contributed by atoms with Gasteiger partial charge in [0.05, 0.1) is 31.3 Å². The van der Waals surface area contributed by atoms with Crippen LogP contribution in [0.25, 0.3) is 0 Å². The molecule has 0 radical (unpaired) electrons. The fourth-order valence-corrected chi connectivity index (χ4v) is 9.76. The number of carbonyl (C=O) groups excluding carboxylic acids is 1. The van der Waals surface area contributed by atoms with Crippen LogP contribution in [0.1, 0.15) is 341 Å². The number of hydrogen-bond donors (Lipinski definition) is 4. The molecule has 0 aromatic heterocycles. The highest BCUT2D eigenvalue weighted by Gasteiger charge is 2.20. The van der Waals surface area contributed by atoms with Crippen LogP contribution in [0.5, 0.6) is 0 Å². The van der Waals surface area contributed by atoms with Gasteiger partial charge in [-0.3, -0.25) is 4.79 Å². The van der Waals surface area contributed by atoms with Gasteiger partial charge in [0.2, 0.25) is 5.91 Å². The van der Waals surface area contributed by atoms with Gasteiger partial charge in [-0.2, -0.15) is 0 Å². The molecule has 4 N–H and O–H groups in total. The van der Waals surface area contributed by atoms with Crippen LogP contribution in [0.4, 0.5) is 0 Å². The number of allylic oxidation sites excluding steroid dienone is 1. The van der Waals surface area contributed by atoms with E-state index in [-0.39, 0.29) is 18.9 Å². The van der Waals surface area contributed by atoms with Crippen LogP contribution in [-0.4, -0.2) is 46.1 Å². The molecular weight excluding hydrogens is 799 g/mol. The first-order valence-electron chi connectivity index (χ1n) is 30.0. The molecule has 0 aromatic rings. The average molecular weight is 919 g/mol. The first kappa shape index (κ1) is 64.1. The molecule has 388 valence electrons. The molecule has 5 nitrogen and oxygen atoms in total. The normalized spacial score (nSPS) is 13.2. The van der Waals surface area contributed by atoms with Crippen LogP contribution >= 0.6 is 0 Å². The van der Waals surface area contributed by atoms with Crippen LogP contribution in [0.15, 0.2) is 12.2 Å². The zero-order valence-corrected chi connectivity index (χ0v) is 44.4. The summed E-state index contributed by atoms with van der Waals surface area (Å²) in [5, 5.41) is 33.5. The Labute approximate surface area is 408 Å². The van der Waals surface area contributed by atoms with Crippen molar-refractivity contribution >= 4 is 5.91 Å². The van der Waals surface area contributed by atoms with Crippen LogP contribution in [0, 0.1) is 0 Å². The van der Waals surface area contributed by atoms with Crippen LogP contribution < -0.4 is 5.32 Å². The largest absolute Gasteiger partial charge is 0.394 e. The topological polar surface area (TPSA) is 89.8 Å². The van der Waals surface area contributed by atoms with Gasteiger partial charge in [0.1, 0.15) is 0 Å². The highest BCUT2D eigenvalue weighted by molar-refractivity contribution is 5.76. The summed E-state index contributed by atoms with van der Waals surface area (Å²) in [6.45, 7) is 4.26. The lowest BCUT2D eigenvalue weighted by molar-refractivity contribution is -0.124. The lowest BCUT2D eigenvalue weighted by atomic mass is 10.0. The minimum absolute atomic E-state index is 0.0196. The van der Waals surface area contributed by atoms with Crippen molar-refractivity contribution in [3.8, 4) is 0 Å². The van der Waals surface area contributed by atoms with E-state index in [4.69, 9.17) is 0 Å². The third-order valence-electron chi connectivity index (χ3n) is 14.3. The average Bonchev–Trinajstić information content (AvgIpc) is 3.30. The van der Waals surface area contributed by atoms with E-state index in [2.05, 4.69) is 19.2 Å². The third-order valence-corrected chi connectivity index (χ3v) is 14.3. The number of rotatable bonds is 56. The smallest absolute Gasteiger partial charge is 0.222 e. The molecule has 0 aromatic carbocycles. The summed E-state index contributed by atoms with van der Waals surface area (Å²) in [5.41, 5.74) is 0. The first-order chi connectivity index (χ1) is 32.0. The third kappa shape index (κ3) is 52.3. The van der Waals surface area contributed by atoms with Crippen molar-refractivity contribution in [2.24, 2.45) is 0 Å². The van der Waals surface area contributed by atoms with Gasteiger partial charge in [-0.15, -0.1) is 0 Å². The molecule has 0 bridgehead atoms. The highest BCUT2D eigenvalue weighted by Crippen LogP contribution is 2.19. The number of carbonyl (C=O) groups is 1. The van der Waals surface area contributed by atoms with E-state index in [9.17, 15) is 20.1 Å². The van der Waals surface area contributed by atoms with E-state index < -0.39 is 18.2 Å². The van der Waals surface area contributed by atoms with Gasteiger partial charge in [0.15, 0.2) is 0 Å². The number of aliphatic hydroxyl groups excluding tert-OH is 3. The second kappa shape index (κ2) is 55.7. The van der Waals surface area contributed by atoms with Gasteiger partial charge in [-0.05, 0) is 19.3 Å². The summed E-state index contributed by atoms with van der Waals surface area (Å²) in [6, 6.07) is -0.741. The standard InChI is InChI=1S/C60H119NO4/c1-3-5-7-9-11-13-15-17-19-21-23-24-25-26-27-28-29-30-31-32-33-34-36-37-39-41-43-45-47-49-51-53-57(63)55-60(65)61-58(56-62)59(64)54-52-50-48-46-44-42-40-38-35-22-20-18-16-14-12-10-8-6-4-2/h52,54,57-59,62-64H,3-51,53,55-56H2,1-2H3,(H,61,65)/b54-52+. The summed E-state index contributed by atoms with van der Waals surface area (Å²) in [6.07, 6.45) is 69.9. The summed E-state index contributed by atoms with van der Waals surface area (Å²) in [7, 11) is 0. The van der Waals surface area contributed by atoms with Crippen LogP contribution in [0.2, 0.25) is 0 Å². The molecule has 65 heavy (non-hydrogen) atoms. The Kier molecular flexibility index (Phi) is 54.9. The lowest BCUT2D eigenvalue weighted by Crippen LogP contribution is -2.45. The minimum Gasteiger partial charge on any atom is -0.394 e. The van der Waals surface area contributed by atoms with Crippen molar-refractivity contribution in [1.29, 1.82) is 0 Å². The Morgan fingerprint density at radius 3 is 0.892 bits per heavy atom. The predicted molar refractivity (Wildman–Crippen MR) is 287 cm³/mol. The second-order valence-corrected chi connectivity index (χ2v) is 21.0. The van der Waals surface area contributed by atoms with Gasteiger partial charge >= 0.3 is 0 Å². The Bertz CT molecular complexity index is 925. The molecule has 3 atom stereocenters. The molecule has 0 aliphatic carbocycles. The maximum absolute atomic E-state index is 12.5. The van der Waals surface area contributed by atoms with Crippen molar-refractivity contribution in [1.82, 2.24) is 5.32 Å². The number of unbranched alkanes of at least 4 members (excludes halogenated alkanes) is 47. The van der Waals surface area contributed by atoms with Crippen molar-refractivity contribution in [3.63, 3.8) is 0 Å². The van der Waals surface area contributed by atoms with Crippen LogP contribution in [0.3, 0.4) is 0 Å². The Morgan fingerprint density at radius 1 is 0.385 bits per heavy atom. The Balaban J connectivity index is 3.48. The highest BCUT2D eigenvalue weighted by atomic mass is 16.3. The monoisotopic (exact) mass is 918 g/mol. The Morgan fingerprint density at radius 2 is 0.631 bits per heavy atom. The van der Waals surface area contributed by atoms with E-state index in [1.165, 1.54) is 289 Å². The van der Waals surface area contributed by atoms with Crippen LogP contribution in [-0.2, 0) is 4.79 Å². The molecule has 0 rings (SSSR count). The van der Waals surface area contributed by atoms with Gasteiger partial charge in [0.25, 0.3) is 0 Å². The molecule has 0 heterocycles. The molecule has 0 aliphatic heterocycles. The first-order valence-corrected chi connectivity index (χ1v) is 30.0. The van der Waals surface area contributed by atoms with Crippen molar-refractivity contribution in [2.45, 2.75) is 360 Å². The summed E-state index contributed by atoms with van der Waals surface area (Å²) < 4.78 is 0. The molecule has 0 saturated carbocycles. The summed E-state index contributed by atoms with van der Waals surface area (Å²) in [5.74, 6) is -0.307. The molecule has 0 aliphatic rings. The number of hydrogen-bond acceptors (Lipinski definition) is 4. The quantitative estimate of drug-likeness (QED) is 0.0361. The molecule has 0 spiro atoms. The van der Waals surface area contributed by atoms with Crippen molar-refractivity contribution in [3.05, 3.63) is 12.2 Å². The zero-order valence-electron chi connectivity index (χ0n) is 44.4. The molecule has 0 saturated heterocycles. The molecule has 1 amide bonds. The number of nitrogens with one attached hydrogen (secondary N) is 1. The van der Waals surface area contributed by atoms with E-state index in [1.54, 1.807) is 6.08 Å². The van der Waals surface area contributed by atoms with Gasteiger partial charge in [-0.25, -0.2) is 0 Å². The number of amides is 1. The molecular formula is C60H119NO4. The predicted octanol–water partition coefficient (Wildman–Crippen LogP) is 18.7. The number of aliphatic hydroxyl groups is 3. The maximum atomic E-state index is 12.5.